The molecule has 1 unspecified atom stereocenters. The molecular formula is C18H17Cl2N3O2. The van der Waals surface area contributed by atoms with E-state index in [1.54, 1.807) is 18.2 Å². The van der Waals surface area contributed by atoms with E-state index in [9.17, 15) is 4.79 Å². The predicted molar refractivity (Wildman–Crippen MR) is 100 cm³/mol. The van der Waals surface area contributed by atoms with Crippen molar-refractivity contribution in [1.29, 1.82) is 0 Å². The van der Waals surface area contributed by atoms with E-state index in [1.165, 1.54) is 11.9 Å². The van der Waals surface area contributed by atoms with E-state index in [0.29, 0.717) is 21.5 Å². The van der Waals surface area contributed by atoms with Crippen LogP contribution in [0.25, 0.3) is 0 Å². The van der Waals surface area contributed by atoms with Crippen LogP contribution in [0.4, 0.5) is 5.69 Å². The van der Waals surface area contributed by atoms with Gasteiger partial charge in [0, 0.05) is 37.8 Å². The normalized spacial score (nSPS) is 16.4. The van der Waals surface area contributed by atoms with Crippen LogP contribution in [0.1, 0.15) is 24.3 Å². The Labute approximate surface area is 156 Å². The molecule has 2 aromatic rings. The van der Waals surface area contributed by atoms with Crippen molar-refractivity contribution >= 4 is 40.7 Å². The van der Waals surface area contributed by atoms with E-state index in [2.05, 4.69) is 5.10 Å². The second-order valence-corrected chi connectivity index (χ2v) is 6.67. The largest absolute Gasteiger partial charge is 0.446 e. The summed E-state index contributed by atoms with van der Waals surface area (Å²) in [6.45, 7) is 1.44. The van der Waals surface area contributed by atoms with Gasteiger partial charge in [0.2, 0.25) is 18.0 Å². The van der Waals surface area contributed by atoms with Gasteiger partial charge in [0.25, 0.3) is 0 Å². The maximum absolute atomic E-state index is 12.0. The average molecular weight is 378 g/mol. The van der Waals surface area contributed by atoms with E-state index in [1.807, 2.05) is 43.3 Å². The molecule has 0 saturated carbocycles. The van der Waals surface area contributed by atoms with E-state index in [4.69, 9.17) is 27.9 Å². The van der Waals surface area contributed by atoms with Gasteiger partial charge in [-0.2, -0.15) is 5.01 Å². The van der Waals surface area contributed by atoms with E-state index in [0.717, 1.165) is 11.3 Å². The molecule has 0 bridgehead atoms. The molecule has 25 heavy (non-hydrogen) atoms. The van der Waals surface area contributed by atoms with Crippen LogP contribution in [0.5, 0.6) is 0 Å². The molecule has 0 aromatic heterocycles. The standard InChI is InChI=1S/C18H17Cl2N3O2/c1-11(24)23-18(13-6-9-15(19)16(20)10-13)25-17(21-23)12-4-7-14(8-5-12)22(2)3/h4-10,18H,1-3H3. The molecule has 5 nitrogen and oxygen atoms in total. The van der Waals surface area contributed by atoms with Crippen molar-refractivity contribution in [3.05, 3.63) is 63.6 Å². The highest BCUT2D eigenvalue weighted by atomic mass is 35.5. The maximum atomic E-state index is 12.0. The highest BCUT2D eigenvalue weighted by Crippen LogP contribution is 2.33. The van der Waals surface area contributed by atoms with Gasteiger partial charge in [-0.05, 0) is 36.4 Å². The number of amides is 1. The summed E-state index contributed by atoms with van der Waals surface area (Å²) in [4.78, 5) is 14.0. The minimum absolute atomic E-state index is 0.226. The van der Waals surface area contributed by atoms with Crippen LogP contribution in [-0.4, -0.2) is 30.9 Å². The molecule has 0 fully saturated rings. The fourth-order valence-corrected chi connectivity index (χ4v) is 2.77. The third-order valence-corrected chi connectivity index (χ3v) is 4.57. The zero-order chi connectivity index (χ0) is 18.1. The van der Waals surface area contributed by atoms with Gasteiger partial charge in [-0.15, -0.1) is 5.10 Å². The summed E-state index contributed by atoms with van der Waals surface area (Å²) in [6.07, 6.45) is -0.671. The summed E-state index contributed by atoms with van der Waals surface area (Å²) in [7, 11) is 3.94. The van der Waals surface area contributed by atoms with Crippen LogP contribution >= 0.6 is 23.2 Å². The Kier molecular flexibility index (Phi) is 4.88. The summed E-state index contributed by atoms with van der Waals surface area (Å²) >= 11 is 12.1. The van der Waals surface area contributed by atoms with Crippen LogP contribution in [0.15, 0.2) is 47.6 Å². The Morgan fingerprint density at radius 2 is 1.80 bits per heavy atom. The Morgan fingerprint density at radius 3 is 2.36 bits per heavy atom. The quantitative estimate of drug-likeness (QED) is 0.800. The first-order chi connectivity index (χ1) is 11.9. The molecule has 1 aliphatic rings. The molecule has 0 radical (unpaired) electrons. The Hall–Kier alpha value is -2.24. The third kappa shape index (κ3) is 3.57. The van der Waals surface area contributed by atoms with Crippen molar-refractivity contribution in [3.63, 3.8) is 0 Å². The number of carbonyl (C=O) groups excluding carboxylic acids is 1. The number of anilines is 1. The highest BCUT2D eigenvalue weighted by Gasteiger charge is 2.33. The monoisotopic (exact) mass is 377 g/mol. The number of carbonyl (C=O) groups is 1. The van der Waals surface area contributed by atoms with Gasteiger partial charge in [0.1, 0.15) is 0 Å². The summed E-state index contributed by atoms with van der Waals surface area (Å²) in [5, 5.41) is 6.47. The van der Waals surface area contributed by atoms with Gasteiger partial charge in [-0.3, -0.25) is 4.79 Å². The van der Waals surface area contributed by atoms with Crippen LogP contribution in [0.3, 0.4) is 0 Å². The first-order valence-corrected chi connectivity index (χ1v) is 8.40. The van der Waals surface area contributed by atoms with Crippen LogP contribution in [0.2, 0.25) is 10.0 Å². The Balaban J connectivity index is 1.91. The van der Waals surface area contributed by atoms with Gasteiger partial charge in [0.05, 0.1) is 10.0 Å². The van der Waals surface area contributed by atoms with E-state index >= 15 is 0 Å². The molecule has 7 heteroatoms. The Morgan fingerprint density at radius 1 is 1.12 bits per heavy atom. The smallest absolute Gasteiger partial charge is 0.243 e. The molecule has 1 aliphatic heterocycles. The van der Waals surface area contributed by atoms with Crippen molar-refractivity contribution in [3.8, 4) is 0 Å². The molecule has 0 spiro atoms. The summed E-state index contributed by atoms with van der Waals surface area (Å²) < 4.78 is 5.94. The number of halogens is 2. The van der Waals surface area contributed by atoms with Crippen molar-refractivity contribution in [2.24, 2.45) is 5.10 Å². The molecule has 1 atom stereocenters. The molecule has 1 heterocycles. The second-order valence-electron chi connectivity index (χ2n) is 5.85. The number of hydrogen-bond donors (Lipinski definition) is 0. The highest BCUT2D eigenvalue weighted by molar-refractivity contribution is 6.42. The SMILES string of the molecule is CC(=O)N1N=C(c2ccc(N(C)C)cc2)OC1c1ccc(Cl)c(Cl)c1. The molecule has 3 rings (SSSR count). The minimum atomic E-state index is -0.671. The van der Waals surface area contributed by atoms with Crippen LogP contribution in [0, 0.1) is 0 Å². The fraction of sp³-hybridized carbons (Fsp3) is 0.222. The van der Waals surface area contributed by atoms with E-state index in [-0.39, 0.29) is 5.91 Å². The summed E-state index contributed by atoms with van der Waals surface area (Å²) in [5.41, 5.74) is 2.56. The number of hydrogen-bond acceptors (Lipinski definition) is 4. The lowest BCUT2D eigenvalue weighted by molar-refractivity contribution is -0.135. The lowest BCUT2D eigenvalue weighted by Crippen LogP contribution is -2.25. The van der Waals surface area contributed by atoms with E-state index < -0.39 is 6.23 Å². The molecule has 2 aromatic carbocycles. The number of benzene rings is 2. The lowest BCUT2D eigenvalue weighted by Gasteiger charge is -2.19. The number of hydrazone groups is 1. The average Bonchev–Trinajstić information content (AvgIpc) is 3.03. The lowest BCUT2D eigenvalue weighted by atomic mass is 10.2. The van der Waals surface area contributed by atoms with Crippen LogP contribution < -0.4 is 4.90 Å². The molecule has 0 N–H and O–H groups in total. The van der Waals surface area contributed by atoms with Crippen LogP contribution in [-0.2, 0) is 9.53 Å². The zero-order valence-corrected chi connectivity index (χ0v) is 15.5. The number of rotatable bonds is 3. The topological polar surface area (TPSA) is 45.1 Å². The molecular weight excluding hydrogens is 361 g/mol. The minimum Gasteiger partial charge on any atom is -0.446 e. The van der Waals surface area contributed by atoms with Crippen molar-refractivity contribution in [2.45, 2.75) is 13.2 Å². The first-order valence-electron chi connectivity index (χ1n) is 7.64. The van der Waals surface area contributed by atoms with Gasteiger partial charge in [0.15, 0.2) is 0 Å². The maximum Gasteiger partial charge on any atom is 0.243 e. The molecule has 0 aliphatic carbocycles. The van der Waals surface area contributed by atoms with Gasteiger partial charge >= 0.3 is 0 Å². The summed E-state index contributed by atoms with van der Waals surface area (Å²) in [6, 6.07) is 12.9. The summed E-state index contributed by atoms with van der Waals surface area (Å²) in [5.74, 6) is 0.160. The molecule has 1 amide bonds. The first kappa shape index (κ1) is 17.6. The molecule has 130 valence electrons. The fourth-order valence-electron chi connectivity index (χ4n) is 2.47. The molecule has 0 saturated heterocycles. The number of ether oxygens (including phenoxy) is 1. The van der Waals surface area contributed by atoms with Crippen molar-refractivity contribution in [2.75, 3.05) is 19.0 Å². The van der Waals surface area contributed by atoms with Crippen molar-refractivity contribution in [1.82, 2.24) is 5.01 Å². The van der Waals surface area contributed by atoms with Crippen molar-refractivity contribution < 1.29 is 9.53 Å². The van der Waals surface area contributed by atoms with Gasteiger partial charge < -0.3 is 9.64 Å². The number of nitrogens with zero attached hydrogens (tertiary/aromatic N) is 3. The Bertz CT molecular complexity index is 835. The third-order valence-electron chi connectivity index (χ3n) is 3.83. The van der Waals surface area contributed by atoms with Gasteiger partial charge in [-0.1, -0.05) is 29.3 Å². The zero-order valence-electron chi connectivity index (χ0n) is 14.0. The van der Waals surface area contributed by atoms with Gasteiger partial charge in [-0.25, -0.2) is 0 Å². The second kappa shape index (κ2) is 6.94. The predicted octanol–water partition coefficient (Wildman–Crippen LogP) is 4.30.